The first-order chi connectivity index (χ1) is 10.2. The first kappa shape index (κ1) is 14.1. The van der Waals surface area contributed by atoms with Crippen molar-refractivity contribution in [1.82, 2.24) is 20.2 Å². The van der Waals surface area contributed by atoms with E-state index >= 15 is 0 Å². The summed E-state index contributed by atoms with van der Waals surface area (Å²) < 4.78 is 0. The molecule has 112 valence electrons. The zero-order valence-electron chi connectivity index (χ0n) is 12.5. The second-order valence-corrected chi connectivity index (χ2v) is 5.81. The molecule has 0 unspecified atom stereocenters. The minimum atomic E-state index is 0.617. The molecule has 1 aromatic rings. The molecule has 2 aliphatic heterocycles. The maximum absolute atomic E-state index is 5.98. The number of likely N-dealkylation sites (tertiary alicyclic amines) is 1. The number of aryl methyl sites for hydroxylation is 1. The first-order valence-electron chi connectivity index (χ1n) is 7.63. The van der Waals surface area contributed by atoms with E-state index in [1.807, 2.05) is 13.1 Å². The van der Waals surface area contributed by atoms with Crippen LogP contribution in [0, 0.1) is 12.8 Å². The molecule has 3 rings (SSSR count). The summed E-state index contributed by atoms with van der Waals surface area (Å²) in [6, 6.07) is 0. The van der Waals surface area contributed by atoms with Crippen LogP contribution in [0.4, 0.5) is 5.82 Å². The lowest BCUT2D eigenvalue weighted by Gasteiger charge is -2.33. The number of hydrogen-bond acceptors (Lipinski definition) is 5. The van der Waals surface area contributed by atoms with Crippen molar-refractivity contribution in [3.63, 3.8) is 0 Å². The highest BCUT2D eigenvalue weighted by Gasteiger charge is 2.23. The molecule has 1 aromatic heterocycles. The Balaban J connectivity index is 1.56. The topological polar surface area (TPSA) is 67.1 Å². The van der Waals surface area contributed by atoms with Gasteiger partial charge in [-0.1, -0.05) is 12.2 Å². The molecule has 0 radical (unpaired) electrons. The number of nitrogens with zero attached hydrogens (tertiary/aromatic N) is 3. The van der Waals surface area contributed by atoms with Crippen molar-refractivity contribution in [2.75, 3.05) is 25.4 Å². The SMILES string of the molecule is Cc1ncc(CN2CCC(C3=CC=CCN3)CC2)c(N)n1. The summed E-state index contributed by atoms with van der Waals surface area (Å²) in [5.41, 5.74) is 8.42. The van der Waals surface area contributed by atoms with Gasteiger partial charge in [-0.2, -0.15) is 0 Å². The van der Waals surface area contributed by atoms with Crippen molar-refractivity contribution in [1.29, 1.82) is 0 Å². The third kappa shape index (κ3) is 3.42. The summed E-state index contributed by atoms with van der Waals surface area (Å²) in [5, 5.41) is 3.48. The quantitative estimate of drug-likeness (QED) is 0.883. The van der Waals surface area contributed by atoms with Gasteiger partial charge in [0.15, 0.2) is 0 Å². The van der Waals surface area contributed by atoms with Gasteiger partial charge < -0.3 is 11.1 Å². The molecule has 1 saturated heterocycles. The van der Waals surface area contributed by atoms with E-state index in [1.165, 1.54) is 18.5 Å². The Morgan fingerprint density at radius 1 is 1.38 bits per heavy atom. The smallest absolute Gasteiger partial charge is 0.131 e. The molecule has 5 heteroatoms. The van der Waals surface area contributed by atoms with Gasteiger partial charge >= 0.3 is 0 Å². The lowest BCUT2D eigenvalue weighted by Crippen LogP contribution is -2.36. The molecule has 0 amide bonds. The number of hydrogen-bond donors (Lipinski definition) is 2. The Bertz CT molecular complexity index is 556. The van der Waals surface area contributed by atoms with Gasteiger partial charge in [-0.25, -0.2) is 9.97 Å². The van der Waals surface area contributed by atoms with Gasteiger partial charge in [0.05, 0.1) is 0 Å². The van der Waals surface area contributed by atoms with Crippen molar-refractivity contribution in [2.24, 2.45) is 5.92 Å². The average molecular weight is 285 g/mol. The molecular weight excluding hydrogens is 262 g/mol. The van der Waals surface area contributed by atoms with Crippen LogP contribution in [0.3, 0.4) is 0 Å². The van der Waals surface area contributed by atoms with Crippen LogP contribution in [-0.4, -0.2) is 34.5 Å². The Kier molecular flexibility index (Phi) is 4.20. The highest BCUT2D eigenvalue weighted by atomic mass is 15.1. The van der Waals surface area contributed by atoms with E-state index in [9.17, 15) is 0 Å². The third-order valence-electron chi connectivity index (χ3n) is 4.28. The van der Waals surface area contributed by atoms with Crippen molar-refractivity contribution in [2.45, 2.75) is 26.3 Å². The van der Waals surface area contributed by atoms with Crippen molar-refractivity contribution >= 4 is 5.82 Å². The number of anilines is 1. The number of nitrogens with one attached hydrogen (secondary N) is 1. The van der Waals surface area contributed by atoms with E-state index in [1.54, 1.807) is 0 Å². The predicted octanol–water partition coefficient (Wildman–Crippen LogP) is 1.62. The lowest BCUT2D eigenvalue weighted by molar-refractivity contribution is 0.188. The number of nitrogens with two attached hydrogens (primary N) is 1. The molecule has 2 aliphatic rings. The molecule has 3 heterocycles. The highest BCUT2D eigenvalue weighted by molar-refractivity contribution is 5.37. The van der Waals surface area contributed by atoms with E-state index in [4.69, 9.17) is 5.73 Å². The minimum absolute atomic E-state index is 0.617. The predicted molar refractivity (Wildman–Crippen MR) is 84.4 cm³/mol. The number of rotatable bonds is 3. The molecule has 0 aliphatic carbocycles. The normalized spacial score (nSPS) is 20.1. The Labute approximate surface area is 126 Å². The van der Waals surface area contributed by atoms with Gasteiger partial charge in [-0.3, -0.25) is 4.90 Å². The van der Waals surface area contributed by atoms with Gasteiger partial charge in [-0.05, 0) is 38.9 Å². The van der Waals surface area contributed by atoms with Crippen LogP contribution in [0.5, 0.6) is 0 Å². The van der Waals surface area contributed by atoms with Crippen LogP contribution in [0.25, 0.3) is 0 Å². The monoisotopic (exact) mass is 285 g/mol. The summed E-state index contributed by atoms with van der Waals surface area (Å²) in [6.45, 7) is 5.88. The minimum Gasteiger partial charge on any atom is -0.385 e. The van der Waals surface area contributed by atoms with Crippen LogP contribution in [-0.2, 0) is 6.54 Å². The molecule has 0 atom stereocenters. The Hall–Kier alpha value is -1.88. The van der Waals surface area contributed by atoms with E-state index in [0.29, 0.717) is 11.7 Å². The summed E-state index contributed by atoms with van der Waals surface area (Å²) in [6.07, 6.45) is 10.8. The molecule has 0 spiro atoms. The number of dihydropyridines is 1. The number of aromatic nitrogens is 2. The van der Waals surface area contributed by atoms with Crippen LogP contribution in [0.2, 0.25) is 0 Å². The summed E-state index contributed by atoms with van der Waals surface area (Å²) in [7, 11) is 0. The van der Waals surface area contributed by atoms with Crippen LogP contribution in [0.15, 0.2) is 30.1 Å². The van der Waals surface area contributed by atoms with Crippen molar-refractivity contribution < 1.29 is 0 Å². The van der Waals surface area contributed by atoms with Crippen LogP contribution < -0.4 is 11.1 Å². The molecule has 0 saturated carbocycles. The van der Waals surface area contributed by atoms with E-state index in [0.717, 1.165) is 37.6 Å². The molecule has 3 N–H and O–H groups in total. The molecule has 5 nitrogen and oxygen atoms in total. The first-order valence-corrected chi connectivity index (χ1v) is 7.63. The average Bonchev–Trinajstić information content (AvgIpc) is 2.52. The third-order valence-corrected chi connectivity index (χ3v) is 4.28. The molecule has 0 bridgehead atoms. The molecule has 21 heavy (non-hydrogen) atoms. The fourth-order valence-electron chi connectivity index (χ4n) is 3.03. The fraction of sp³-hybridized carbons (Fsp3) is 0.500. The molecular formula is C16H23N5. The maximum atomic E-state index is 5.98. The van der Waals surface area contributed by atoms with E-state index in [2.05, 4.69) is 38.4 Å². The largest absolute Gasteiger partial charge is 0.385 e. The standard InChI is InChI=1S/C16H23N5/c1-12-19-10-14(16(17)20-12)11-21-8-5-13(6-9-21)15-4-2-3-7-18-15/h2-4,10,13,18H,5-9,11H2,1H3,(H2,17,19,20). The van der Waals surface area contributed by atoms with Gasteiger partial charge in [0.25, 0.3) is 0 Å². The van der Waals surface area contributed by atoms with Crippen LogP contribution >= 0.6 is 0 Å². The van der Waals surface area contributed by atoms with Gasteiger partial charge in [-0.15, -0.1) is 0 Å². The second kappa shape index (κ2) is 6.26. The molecule has 1 fully saturated rings. The second-order valence-electron chi connectivity index (χ2n) is 5.81. The summed E-state index contributed by atoms with van der Waals surface area (Å²) in [5.74, 6) is 2.02. The number of nitrogen functional groups attached to an aromatic ring is 1. The van der Waals surface area contributed by atoms with E-state index in [-0.39, 0.29) is 0 Å². The van der Waals surface area contributed by atoms with E-state index < -0.39 is 0 Å². The van der Waals surface area contributed by atoms with Crippen molar-refractivity contribution in [3.8, 4) is 0 Å². The fourth-order valence-corrected chi connectivity index (χ4v) is 3.03. The number of allylic oxidation sites excluding steroid dienone is 3. The Morgan fingerprint density at radius 3 is 2.86 bits per heavy atom. The zero-order chi connectivity index (χ0) is 14.7. The lowest BCUT2D eigenvalue weighted by atomic mass is 9.92. The summed E-state index contributed by atoms with van der Waals surface area (Å²) >= 11 is 0. The number of piperidine rings is 1. The van der Waals surface area contributed by atoms with Gasteiger partial charge in [0.1, 0.15) is 11.6 Å². The molecule has 0 aromatic carbocycles. The summed E-state index contributed by atoms with van der Waals surface area (Å²) in [4.78, 5) is 10.9. The maximum Gasteiger partial charge on any atom is 0.131 e. The zero-order valence-corrected chi connectivity index (χ0v) is 12.5. The van der Waals surface area contributed by atoms with Gasteiger partial charge in [0.2, 0.25) is 0 Å². The highest BCUT2D eigenvalue weighted by Crippen LogP contribution is 2.25. The van der Waals surface area contributed by atoms with Gasteiger partial charge in [0, 0.05) is 36.5 Å². The van der Waals surface area contributed by atoms with Crippen molar-refractivity contribution in [3.05, 3.63) is 41.5 Å². The van der Waals surface area contributed by atoms with Crippen LogP contribution in [0.1, 0.15) is 24.2 Å². The Morgan fingerprint density at radius 2 is 2.19 bits per heavy atom.